The van der Waals surface area contributed by atoms with Gasteiger partial charge in [0.25, 0.3) is 5.91 Å². The fraction of sp³-hybridized carbons (Fsp3) is 0.261. The Labute approximate surface area is 175 Å². The first-order valence-electron chi connectivity index (χ1n) is 9.54. The molecule has 6 heteroatoms. The fourth-order valence-electron chi connectivity index (χ4n) is 2.85. The maximum Gasteiger partial charge on any atom is 0.283 e. The quantitative estimate of drug-likeness (QED) is 0.750. The van der Waals surface area contributed by atoms with E-state index < -0.39 is 0 Å². The summed E-state index contributed by atoms with van der Waals surface area (Å²) in [5, 5.41) is 3.10. The monoisotopic (exact) mass is 407 g/mol. The Morgan fingerprint density at radius 1 is 1.14 bits per heavy atom. The normalized spacial score (nSPS) is 15.2. The second kappa shape index (κ2) is 9.09. The van der Waals surface area contributed by atoms with Gasteiger partial charge in [0.1, 0.15) is 5.70 Å². The number of nitrogens with one attached hydrogen (secondary N) is 1. The van der Waals surface area contributed by atoms with Gasteiger partial charge in [-0.15, -0.1) is 0 Å². The van der Waals surface area contributed by atoms with Crippen molar-refractivity contribution in [2.45, 2.75) is 26.7 Å². The molecule has 3 rings (SSSR count). The van der Waals surface area contributed by atoms with Crippen LogP contribution in [0.1, 0.15) is 36.5 Å². The highest BCUT2D eigenvalue weighted by Crippen LogP contribution is 2.29. The fourth-order valence-corrected chi connectivity index (χ4v) is 3.74. The molecule has 0 saturated carbocycles. The van der Waals surface area contributed by atoms with Crippen molar-refractivity contribution in [3.05, 3.63) is 70.9 Å². The number of anilines is 1. The smallest absolute Gasteiger partial charge is 0.283 e. The van der Waals surface area contributed by atoms with E-state index in [1.165, 1.54) is 17.3 Å². The van der Waals surface area contributed by atoms with Crippen LogP contribution >= 0.6 is 11.8 Å². The van der Waals surface area contributed by atoms with E-state index in [9.17, 15) is 9.59 Å². The largest absolute Gasteiger partial charge is 0.358 e. The Bertz CT molecular complexity index is 961. The lowest BCUT2D eigenvalue weighted by molar-refractivity contribution is -0.118. The lowest BCUT2D eigenvalue weighted by Gasteiger charge is -2.17. The van der Waals surface area contributed by atoms with E-state index in [0.717, 1.165) is 16.8 Å². The number of hydrogen-bond acceptors (Lipinski definition) is 4. The van der Waals surface area contributed by atoms with Crippen molar-refractivity contribution in [2.24, 2.45) is 4.99 Å². The van der Waals surface area contributed by atoms with Gasteiger partial charge in [0.05, 0.1) is 11.4 Å². The van der Waals surface area contributed by atoms with Crippen molar-refractivity contribution >= 4 is 40.5 Å². The minimum atomic E-state index is -0.193. The number of carbonyl (C=O) groups excluding carboxylic acids is 2. The Morgan fingerprint density at radius 2 is 1.79 bits per heavy atom. The lowest BCUT2D eigenvalue weighted by atomic mass is 10.0. The average Bonchev–Trinajstić information content (AvgIpc) is 3.02. The molecule has 1 aliphatic heterocycles. The number of carbonyl (C=O) groups is 2. The van der Waals surface area contributed by atoms with Crippen molar-refractivity contribution in [1.82, 2.24) is 5.32 Å². The zero-order chi connectivity index (χ0) is 21.0. The van der Waals surface area contributed by atoms with Crippen LogP contribution in [0, 0.1) is 6.92 Å². The van der Waals surface area contributed by atoms with Gasteiger partial charge < -0.3 is 5.32 Å². The van der Waals surface area contributed by atoms with Gasteiger partial charge in [-0.1, -0.05) is 67.6 Å². The Hall–Kier alpha value is -2.86. The van der Waals surface area contributed by atoms with Crippen LogP contribution in [0.5, 0.6) is 0 Å². The first-order valence-corrected chi connectivity index (χ1v) is 10.5. The molecule has 1 heterocycles. The lowest BCUT2D eigenvalue weighted by Crippen LogP contribution is -2.31. The number of rotatable bonds is 5. The molecule has 0 atom stereocenters. The summed E-state index contributed by atoms with van der Waals surface area (Å²) in [6.07, 6.45) is 1.79. The number of amides is 2. The standard InChI is InChI=1S/C23H25N3O2S/c1-15(2)18-9-7-17(8-10-18)13-20-22(28)26(19-11-5-16(3)6-12-19)23(25-20)29-14-21(27)24-4/h5-13,15H,14H2,1-4H3,(H,24,27)/b20-13-. The van der Waals surface area contributed by atoms with E-state index in [4.69, 9.17) is 0 Å². The van der Waals surface area contributed by atoms with Gasteiger partial charge in [-0.25, -0.2) is 4.99 Å². The van der Waals surface area contributed by atoms with Crippen LogP contribution in [0.25, 0.3) is 6.08 Å². The molecule has 0 aliphatic carbocycles. The molecule has 1 N–H and O–H groups in total. The molecule has 2 amide bonds. The molecule has 0 unspecified atom stereocenters. The first kappa shape index (κ1) is 20.9. The number of benzene rings is 2. The summed E-state index contributed by atoms with van der Waals surface area (Å²) in [6, 6.07) is 15.8. The summed E-state index contributed by atoms with van der Waals surface area (Å²) >= 11 is 1.25. The van der Waals surface area contributed by atoms with E-state index in [0.29, 0.717) is 16.8 Å². The van der Waals surface area contributed by atoms with Crippen LogP contribution in [-0.4, -0.2) is 29.8 Å². The molecular weight excluding hydrogens is 382 g/mol. The molecule has 5 nitrogen and oxygen atoms in total. The highest BCUT2D eigenvalue weighted by atomic mass is 32.2. The number of amidine groups is 1. The molecule has 0 fully saturated rings. The van der Waals surface area contributed by atoms with E-state index in [1.807, 2.05) is 43.3 Å². The maximum atomic E-state index is 13.1. The van der Waals surface area contributed by atoms with Crippen molar-refractivity contribution < 1.29 is 9.59 Å². The Balaban J connectivity index is 1.92. The molecular formula is C23H25N3O2S. The summed E-state index contributed by atoms with van der Waals surface area (Å²) in [4.78, 5) is 30.9. The Morgan fingerprint density at radius 3 is 2.38 bits per heavy atom. The zero-order valence-electron chi connectivity index (χ0n) is 17.1. The topological polar surface area (TPSA) is 61.8 Å². The van der Waals surface area contributed by atoms with Crippen LogP contribution in [0.2, 0.25) is 0 Å². The zero-order valence-corrected chi connectivity index (χ0v) is 17.9. The second-order valence-electron chi connectivity index (χ2n) is 7.18. The molecule has 1 aliphatic rings. The van der Waals surface area contributed by atoms with Crippen LogP contribution in [0.3, 0.4) is 0 Å². The van der Waals surface area contributed by atoms with E-state index >= 15 is 0 Å². The van der Waals surface area contributed by atoms with Gasteiger partial charge >= 0.3 is 0 Å². The molecule has 2 aromatic rings. The highest BCUT2D eigenvalue weighted by Gasteiger charge is 2.32. The molecule has 29 heavy (non-hydrogen) atoms. The highest BCUT2D eigenvalue weighted by molar-refractivity contribution is 8.14. The Kier molecular flexibility index (Phi) is 6.54. The first-order chi connectivity index (χ1) is 13.9. The number of hydrogen-bond donors (Lipinski definition) is 1. The van der Waals surface area contributed by atoms with Crippen molar-refractivity contribution in [3.8, 4) is 0 Å². The average molecular weight is 408 g/mol. The van der Waals surface area contributed by atoms with Crippen LogP contribution in [0.4, 0.5) is 5.69 Å². The third-order valence-corrected chi connectivity index (χ3v) is 5.58. The van der Waals surface area contributed by atoms with E-state index in [-0.39, 0.29) is 17.6 Å². The van der Waals surface area contributed by atoms with E-state index in [1.54, 1.807) is 18.0 Å². The molecule has 2 aromatic carbocycles. The molecule has 0 spiro atoms. The summed E-state index contributed by atoms with van der Waals surface area (Å²) in [5.41, 5.74) is 4.38. The van der Waals surface area contributed by atoms with Crippen LogP contribution in [0.15, 0.2) is 59.2 Å². The second-order valence-corrected chi connectivity index (χ2v) is 8.13. The van der Waals surface area contributed by atoms with Gasteiger partial charge in [-0.3, -0.25) is 14.5 Å². The van der Waals surface area contributed by atoms with Gasteiger partial charge in [0.15, 0.2) is 5.17 Å². The summed E-state index contributed by atoms with van der Waals surface area (Å²) in [6.45, 7) is 6.29. The van der Waals surface area contributed by atoms with Gasteiger partial charge in [-0.05, 0) is 42.2 Å². The molecule has 0 saturated heterocycles. The van der Waals surface area contributed by atoms with Gasteiger partial charge in [-0.2, -0.15) is 0 Å². The van der Waals surface area contributed by atoms with Gasteiger partial charge in [0.2, 0.25) is 5.91 Å². The van der Waals surface area contributed by atoms with Crippen molar-refractivity contribution in [3.63, 3.8) is 0 Å². The van der Waals surface area contributed by atoms with Crippen LogP contribution < -0.4 is 10.2 Å². The minimum Gasteiger partial charge on any atom is -0.358 e. The predicted molar refractivity (Wildman–Crippen MR) is 121 cm³/mol. The summed E-state index contributed by atoms with van der Waals surface area (Å²) in [5.74, 6) is 0.339. The maximum absolute atomic E-state index is 13.1. The minimum absolute atomic E-state index is 0.115. The number of nitrogens with zero attached hydrogens (tertiary/aromatic N) is 2. The summed E-state index contributed by atoms with van der Waals surface area (Å²) in [7, 11) is 1.59. The number of thioether (sulfide) groups is 1. The van der Waals surface area contributed by atoms with Gasteiger partial charge in [0, 0.05) is 7.05 Å². The number of aliphatic imine (C=N–C) groups is 1. The van der Waals surface area contributed by atoms with Crippen LogP contribution in [-0.2, 0) is 9.59 Å². The number of aryl methyl sites for hydroxylation is 1. The van der Waals surface area contributed by atoms with E-state index in [2.05, 4.69) is 36.3 Å². The van der Waals surface area contributed by atoms with Crippen molar-refractivity contribution in [2.75, 3.05) is 17.7 Å². The molecule has 150 valence electrons. The molecule has 0 bridgehead atoms. The molecule has 0 aromatic heterocycles. The third kappa shape index (κ3) is 4.95. The molecule has 0 radical (unpaired) electrons. The SMILES string of the molecule is CNC(=O)CSC1=N/C(=C\c2ccc(C(C)C)cc2)C(=O)N1c1ccc(C)cc1. The predicted octanol–water partition coefficient (Wildman–Crippen LogP) is 4.34. The third-order valence-electron chi connectivity index (χ3n) is 4.64. The summed E-state index contributed by atoms with van der Waals surface area (Å²) < 4.78 is 0. The van der Waals surface area contributed by atoms with Crippen molar-refractivity contribution in [1.29, 1.82) is 0 Å².